The Hall–Kier alpha value is -1.13. The molecule has 0 aromatic carbocycles. The summed E-state index contributed by atoms with van der Waals surface area (Å²) < 4.78 is 0. The third kappa shape index (κ3) is 2.67. The van der Waals surface area contributed by atoms with Gasteiger partial charge >= 0.3 is 0 Å². The quantitative estimate of drug-likeness (QED) is 0.691. The molecule has 2 rings (SSSR count). The normalized spacial score (nSPS) is 18.9. The van der Waals surface area contributed by atoms with Gasteiger partial charge in [0.15, 0.2) is 0 Å². The maximum atomic E-state index is 9.25. The van der Waals surface area contributed by atoms with E-state index in [0.717, 1.165) is 14.7 Å². The van der Waals surface area contributed by atoms with E-state index in [-0.39, 0.29) is 6.10 Å². The van der Waals surface area contributed by atoms with E-state index >= 15 is 0 Å². The lowest BCUT2D eigenvalue weighted by Gasteiger charge is -1.88. The van der Waals surface area contributed by atoms with Gasteiger partial charge in [0.05, 0.1) is 20.8 Å². The van der Waals surface area contributed by atoms with E-state index in [9.17, 15) is 5.11 Å². The van der Waals surface area contributed by atoms with Crippen molar-refractivity contribution in [1.82, 2.24) is 0 Å². The summed E-state index contributed by atoms with van der Waals surface area (Å²) in [6.07, 6.45) is 6.70. The number of thioether (sulfide) groups is 1. The zero-order chi connectivity index (χ0) is 10.7. The van der Waals surface area contributed by atoms with E-state index < -0.39 is 0 Å². The highest BCUT2D eigenvalue weighted by atomic mass is 32.2. The van der Waals surface area contributed by atoms with Crippen LogP contribution < -0.4 is 0 Å². The van der Waals surface area contributed by atoms with Gasteiger partial charge in [-0.15, -0.1) is 29.5 Å². The van der Waals surface area contributed by atoms with Gasteiger partial charge in [0.25, 0.3) is 0 Å². The average Bonchev–Trinajstić information content (AvgIpc) is 2.83. The van der Waals surface area contributed by atoms with Crippen LogP contribution in [-0.2, 0) is 0 Å². The van der Waals surface area contributed by atoms with Crippen molar-refractivity contribution in [3.63, 3.8) is 0 Å². The van der Waals surface area contributed by atoms with E-state index in [4.69, 9.17) is 6.42 Å². The summed E-state index contributed by atoms with van der Waals surface area (Å²) in [5.74, 6) is 9.34. The highest BCUT2D eigenvalue weighted by Crippen LogP contribution is 2.24. The first-order valence-electron chi connectivity index (χ1n) is 4.39. The zero-order valence-corrected chi connectivity index (χ0v) is 9.49. The van der Waals surface area contributed by atoms with Crippen molar-refractivity contribution in [1.29, 1.82) is 0 Å². The molecule has 0 bridgehead atoms. The van der Waals surface area contributed by atoms with Gasteiger partial charge in [-0.2, -0.15) is 0 Å². The van der Waals surface area contributed by atoms with Crippen LogP contribution in [0.25, 0.3) is 0 Å². The van der Waals surface area contributed by atoms with Gasteiger partial charge < -0.3 is 5.11 Å². The topological polar surface area (TPSA) is 20.2 Å². The molecule has 0 saturated heterocycles. The summed E-state index contributed by atoms with van der Waals surface area (Å²) in [7, 11) is 0. The summed E-state index contributed by atoms with van der Waals surface area (Å²) in [5, 5.41) is 9.25. The summed E-state index contributed by atoms with van der Waals surface area (Å²) in [4.78, 5) is 2.80. The minimum Gasteiger partial charge on any atom is -0.388 e. The van der Waals surface area contributed by atoms with Crippen LogP contribution in [0, 0.1) is 24.2 Å². The van der Waals surface area contributed by atoms with E-state index in [1.165, 1.54) is 11.3 Å². The Kier molecular flexibility index (Phi) is 3.18. The monoisotopic (exact) mass is 232 g/mol. The lowest BCUT2D eigenvalue weighted by atomic mass is 10.3. The molecule has 0 amide bonds. The predicted molar refractivity (Wildman–Crippen MR) is 65.7 cm³/mol. The molecule has 1 aliphatic heterocycles. The molecule has 1 nitrogen and oxygen atoms in total. The summed E-state index contributed by atoms with van der Waals surface area (Å²) in [6.45, 7) is 0. The first kappa shape index (κ1) is 10.4. The van der Waals surface area contributed by atoms with Crippen molar-refractivity contribution in [2.45, 2.75) is 6.10 Å². The van der Waals surface area contributed by atoms with Gasteiger partial charge in [0, 0.05) is 5.75 Å². The van der Waals surface area contributed by atoms with Crippen LogP contribution in [0.15, 0.2) is 23.1 Å². The molecule has 1 atom stereocenters. The Balaban J connectivity index is 2.12. The lowest BCUT2D eigenvalue weighted by molar-refractivity contribution is 0.251. The second-order valence-corrected chi connectivity index (χ2v) is 5.11. The number of aliphatic hydroxyl groups excluding tert-OH is 1. The van der Waals surface area contributed by atoms with Crippen molar-refractivity contribution >= 4 is 23.1 Å². The van der Waals surface area contributed by atoms with Gasteiger partial charge in [-0.25, -0.2) is 0 Å². The van der Waals surface area contributed by atoms with E-state index in [1.54, 1.807) is 17.8 Å². The Morgan fingerprint density at radius 3 is 2.73 bits per heavy atom. The summed E-state index contributed by atoms with van der Waals surface area (Å²) in [6, 6.07) is 3.81. The Bertz CT molecular complexity index is 494. The molecule has 0 spiro atoms. The Morgan fingerprint density at radius 2 is 2.13 bits per heavy atom. The third-order valence-corrected chi connectivity index (χ3v) is 3.80. The molecular formula is C12H8OS2. The molecular weight excluding hydrogens is 224 g/mol. The third-order valence-electron chi connectivity index (χ3n) is 1.81. The average molecular weight is 232 g/mol. The van der Waals surface area contributed by atoms with Crippen molar-refractivity contribution in [2.75, 3.05) is 5.75 Å². The molecule has 1 N–H and O–H groups in total. The molecule has 0 radical (unpaired) electrons. The van der Waals surface area contributed by atoms with Crippen LogP contribution >= 0.6 is 23.1 Å². The standard InChI is InChI=1S/C12H8OS2/c1-2-10-3-4-11(15-10)5-6-12-7-9(13)8-14-12/h1,3-4,7,9,13H,8H2. The molecule has 1 unspecified atom stereocenters. The largest absolute Gasteiger partial charge is 0.388 e. The van der Waals surface area contributed by atoms with Crippen LogP contribution in [0.2, 0.25) is 0 Å². The maximum absolute atomic E-state index is 9.25. The number of aliphatic hydroxyl groups is 1. The maximum Gasteiger partial charge on any atom is 0.0835 e. The van der Waals surface area contributed by atoms with Crippen molar-refractivity contribution < 1.29 is 5.11 Å². The highest BCUT2D eigenvalue weighted by molar-refractivity contribution is 8.03. The first-order valence-corrected chi connectivity index (χ1v) is 6.19. The molecule has 0 saturated carbocycles. The number of hydrogen-bond acceptors (Lipinski definition) is 3. The molecule has 74 valence electrons. The second-order valence-electron chi connectivity index (χ2n) is 2.97. The fourth-order valence-electron chi connectivity index (χ4n) is 1.13. The molecule has 1 aromatic heterocycles. The van der Waals surface area contributed by atoms with Gasteiger partial charge in [0.2, 0.25) is 0 Å². The molecule has 0 aliphatic carbocycles. The Morgan fingerprint density at radius 1 is 1.33 bits per heavy atom. The van der Waals surface area contributed by atoms with Crippen LogP contribution in [-0.4, -0.2) is 17.0 Å². The number of allylic oxidation sites excluding steroid dienone is 1. The summed E-state index contributed by atoms with van der Waals surface area (Å²) in [5.41, 5.74) is 0. The van der Waals surface area contributed by atoms with E-state index in [1.807, 2.05) is 12.1 Å². The number of rotatable bonds is 0. The first-order chi connectivity index (χ1) is 7.28. The minimum absolute atomic E-state index is 0.344. The lowest BCUT2D eigenvalue weighted by Crippen LogP contribution is -1.98. The van der Waals surface area contributed by atoms with Crippen LogP contribution in [0.1, 0.15) is 9.75 Å². The second kappa shape index (κ2) is 4.59. The number of terminal acetylenes is 1. The minimum atomic E-state index is -0.344. The zero-order valence-electron chi connectivity index (χ0n) is 7.86. The van der Waals surface area contributed by atoms with Crippen LogP contribution in [0.4, 0.5) is 0 Å². The Labute approximate surface area is 97.2 Å². The van der Waals surface area contributed by atoms with Crippen LogP contribution in [0.3, 0.4) is 0 Å². The van der Waals surface area contributed by atoms with E-state index in [2.05, 4.69) is 17.8 Å². The van der Waals surface area contributed by atoms with Gasteiger partial charge in [-0.05, 0) is 18.2 Å². The molecule has 15 heavy (non-hydrogen) atoms. The fraction of sp³-hybridized carbons (Fsp3) is 0.167. The molecule has 1 aliphatic rings. The molecule has 3 heteroatoms. The number of hydrogen-bond donors (Lipinski definition) is 1. The van der Waals surface area contributed by atoms with Crippen LogP contribution in [0.5, 0.6) is 0 Å². The van der Waals surface area contributed by atoms with Gasteiger partial charge in [0.1, 0.15) is 0 Å². The summed E-state index contributed by atoms with van der Waals surface area (Å²) >= 11 is 3.09. The van der Waals surface area contributed by atoms with Crippen molar-refractivity contribution in [3.05, 3.63) is 32.9 Å². The molecule has 2 heterocycles. The SMILES string of the molecule is C#Cc1ccc(C#CC2=CC(O)CS2)s1. The predicted octanol–water partition coefficient (Wildman–Crippen LogP) is 2.07. The molecule has 1 aromatic rings. The van der Waals surface area contributed by atoms with Crippen molar-refractivity contribution in [2.24, 2.45) is 0 Å². The number of thiophene rings is 1. The van der Waals surface area contributed by atoms with Gasteiger partial charge in [-0.1, -0.05) is 17.8 Å². The smallest absolute Gasteiger partial charge is 0.0835 e. The van der Waals surface area contributed by atoms with E-state index in [0.29, 0.717) is 5.75 Å². The molecule has 0 fully saturated rings. The fourth-order valence-corrected chi connectivity index (χ4v) is 2.62. The van der Waals surface area contributed by atoms with Crippen molar-refractivity contribution in [3.8, 4) is 24.2 Å². The van der Waals surface area contributed by atoms with Gasteiger partial charge in [-0.3, -0.25) is 0 Å². The highest BCUT2D eigenvalue weighted by Gasteiger charge is 2.11.